The first-order valence-electron chi connectivity index (χ1n) is 5.83. The van der Waals surface area contributed by atoms with Crippen LogP contribution in [0, 0.1) is 6.92 Å². The molecule has 0 fully saturated rings. The van der Waals surface area contributed by atoms with E-state index >= 15 is 0 Å². The van der Waals surface area contributed by atoms with Crippen molar-refractivity contribution in [3.63, 3.8) is 0 Å². The minimum atomic E-state index is -4.12. The zero-order valence-electron chi connectivity index (χ0n) is 11.5. The van der Waals surface area contributed by atoms with Crippen LogP contribution in [0.3, 0.4) is 0 Å². The lowest BCUT2D eigenvalue weighted by molar-refractivity contribution is -0.140. The SMILES string of the molecule is COCC(NS(=O)(=O)c1ccc(C)c(C(N)=O)c1)C(=O)O. The summed E-state index contributed by atoms with van der Waals surface area (Å²) in [5.74, 6) is -2.14. The van der Waals surface area contributed by atoms with E-state index < -0.39 is 27.9 Å². The Labute approximate surface area is 122 Å². The number of aryl methyl sites for hydroxylation is 1. The maximum atomic E-state index is 12.1. The van der Waals surface area contributed by atoms with Gasteiger partial charge in [-0.05, 0) is 24.6 Å². The molecule has 8 nitrogen and oxygen atoms in total. The number of amides is 1. The number of nitrogens with one attached hydrogen (secondary N) is 1. The molecule has 0 spiro atoms. The summed E-state index contributed by atoms with van der Waals surface area (Å²) in [5.41, 5.74) is 5.73. The Morgan fingerprint density at radius 3 is 2.52 bits per heavy atom. The number of ether oxygens (including phenoxy) is 1. The van der Waals surface area contributed by atoms with Crippen molar-refractivity contribution in [2.45, 2.75) is 17.9 Å². The van der Waals surface area contributed by atoms with Crippen LogP contribution in [-0.2, 0) is 19.6 Å². The number of carbonyl (C=O) groups excluding carboxylic acids is 1. The first kappa shape index (κ1) is 17.1. The van der Waals surface area contributed by atoms with Gasteiger partial charge in [-0.3, -0.25) is 9.59 Å². The largest absolute Gasteiger partial charge is 0.480 e. The van der Waals surface area contributed by atoms with Gasteiger partial charge in [0.15, 0.2) is 0 Å². The second-order valence-corrected chi connectivity index (χ2v) is 6.02. The molecule has 0 aliphatic carbocycles. The number of rotatable bonds is 7. The van der Waals surface area contributed by atoms with E-state index in [9.17, 15) is 18.0 Å². The van der Waals surface area contributed by atoms with Crippen LogP contribution in [0.5, 0.6) is 0 Å². The molecule has 1 rings (SSSR count). The monoisotopic (exact) mass is 316 g/mol. The summed E-state index contributed by atoms with van der Waals surface area (Å²) in [7, 11) is -2.87. The Morgan fingerprint density at radius 1 is 1.43 bits per heavy atom. The Kier molecular flexibility index (Phi) is 5.41. The summed E-state index contributed by atoms with van der Waals surface area (Å²) in [4.78, 5) is 21.9. The van der Waals surface area contributed by atoms with Crippen molar-refractivity contribution in [3.8, 4) is 0 Å². The van der Waals surface area contributed by atoms with Crippen molar-refractivity contribution in [2.75, 3.05) is 13.7 Å². The fourth-order valence-electron chi connectivity index (χ4n) is 1.61. The molecule has 0 saturated heterocycles. The molecule has 1 atom stereocenters. The quantitative estimate of drug-likeness (QED) is 0.619. The molecule has 1 unspecified atom stereocenters. The lowest BCUT2D eigenvalue weighted by Gasteiger charge is -2.14. The van der Waals surface area contributed by atoms with Gasteiger partial charge in [0, 0.05) is 12.7 Å². The summed E-state index contributed by atoms with van der Waals surface area (Å²) in [6.45, 7) is 1.28. The number of aliphatic carboxylic acids is 1. The Morgan fingerprint density at radius 2 is 2.05 bits per heavy atom. The normalized spacial score (nSPS) is 12.9. The number of sulfonamides is 1. The van der Waals surface area contributed by atoms with Crippen LogP contribution in [0.1, 0.15) is 15.9 Å². The van der Waals surface area contributed by atoms with Crippen LogP contribution >= 0.6 is 0 Å². The van der Waals surface area contributed by atoms with Crippen molar-refractivity contribution in [1.82, 2.24) is 4.72 Å². The van der Waals surface area contributed by atoms with Crippen LogP contribution < -0.4 is 10.5 Å². The number of carbonyl (C=O) groups is 2. The van der Waals surface area contributed by atoms with Gasteiger partial charge in [0.1, 0.15) is 6.04 Å². The zero-order chi connectivity index (χ0) is 16.2. The fraction of sp³-hybridized carbons (Fsp3) is 0.333. The highest BCUT2D eigenvalue weighted by Gasteiger charge is 2.26. The number of hydrogen-bond acceptors (Lipinski definition) is 5. The first-order valence-corrected chi connectivity index (χ1v) is 7.32. The topological polar surface area (TPSA) is 136 Å². The molecule has 0 heterocycles. The molecule has 0 aliphatic heterocycles. The molecule has 0 bridgehead atoms. The number of benzene rings is 1. The van der Waals surface area contributed by atoms with Crippen molar-refractivity contribution in [2.24, 2.45) is 5.73 Å². The minimum Gasteiger partial charge on any atom is -0.480 e. The van der Waals surface area contributed by atoms with E-state index in [-0.39, 0.29) is 17.1 Å². The number of carboxylic acid groups (broad SMARTS) is 1. The molecular formula is C12H16N2O6S. The van der Waals surface area contributed by atoms with E-state index in [1.165, 1.54) is 19.2 Å². The maximum absolute atomic E-state index is 12.1. The highest BCUT2D eigenvalue weighted by Crippen LogP contribution is 2.15. The van der Waals surface area contributed by atoms with Crippen LogP contribution in [0.4, 0.5) is 0 Å². The molecule has 0 saturated carbocycles. The van der Waals surface area contributed by atoms with E-state index in [4.69, 9.17) is 10.8 Å². The second-order valence-electron chi connectivity index (χ2n) is 4.31. The third-order valence-corrected chi connectivity index (χ3v) is 4.18. The Balaban J connectivity index is 3.16. The number of nitrogens with two attached hydrogens (primary N) is 1. The zero-order valence-corrected chi connectivity index (χ0v) is 12.3. The highest BCUT2D eigenvalue weighted by atomic mass is 32.2. The number of primary amides is 1. The molecular weight excluding hydrogens is 300 g/mol. The van der Waals surface area contributed by atoms with Crippen LogP contribution in [-0.4, -0.2) is 45.2 Å². The van der Waals surface area contributed by atoms with Gasteiger partial charge in [-0.25, -0.2) is 8.42 Å². The summed E-state index contributed by atoms with van der Waals surface area (Å²) in [6, 6.07) is 2.35. The molecule has 21 heavy (non-hydrogen) atoms. The molecule has 1 amide bonds. The third kappa shape index (κ3) is 4.25. The minimum absolute atomic E-state index is 0.0523. The fourth-order valence-corrected chi connectivity index (χ4v) is 2.81. The van der Waals surface area contributed by atoms with Gasteiger partial charge >= 0.3 is 5.97 Å². The third-order valence-electron chi connectivity index (χ3n) is 2.71. The average molecular weight is 316 g/mol. The molecule has 1 aromatic rings. The predicted molar refractivity (Wildman–Crippen MR) is 73.3 cm³/mol. The molecule has 9 heteroatoms. The Hall–Kier alpha value is -1.97. The van der Waals surface area contributed by atoms with Gasteiger partial charge < -0.3 is 15.6 Å². The van der Waals surface area contributed by atoms with Crippen molar-refractivity contribution < 1.29 is 27.9 Å². The second kappa shape index (κ2) is 6.66. The number of hydrogen-bond donors (Lipinski definition) is 3. The molecule has 1 aromatic carbocycles. The van der Waals surface area contributed by atoms with Gasteiger partial charge in [-0.2, -0.15) is 4.72 Å². The molecule has 0 radical (unpaired) electrons. The van der Waals surface area contributed by atoms with Crippen LogP contribution in [0.2, 0.25) is 0 Å². The lowest BCUT2D eigenvalue weighted by atomic mass is 10.1. The van der Waals surface area contributed by atoms with Crippen LogP contribution in [0.25, 0.3) is 0 Å². The van der Waals surface area contributed by atoms with Gasteiger partial charge in [0.25, 0.3) is 0 Å². The molecule has 4 N–H and O–H groups in total. The van der Waals surface area contributed by atoms with E-state index in [2.05, 4.69) is 4.74 Å². The van der Waals surface area contributed by atoms with E-state index in [0.29, 0.717) is 5.56 Å². The molecule has 116 valence electrons. The smallest absolute Gasteiger partial charge is 0.324 e. The van der Waals surface area contributed by atoms with Crippen molar-refractivity contribution in [3.05, 3.63) is 29.3 Å². The standard InChI is InChI=1S/C12H16N2O6S/c1-7-3-4-8(5-9(7)11(13)15)21(18,19)14-10(6-20-2)12(16)17/h3-5,10,14H,6H2,1-2H3,(H2,13,15)(H,16,17). The first-order chi connectivity index (χ1) is 9.69. The van der Waals surface area contributed by atoms with Gasteiger partial charge in [-0.15, -0.1) is 0 Å². The number of carboxylic acids is 1. The van der Waals surface area contributed by atoms with E-state index in [1.54, 1.807) is 6.92 Å². The van der Waals surface area contributed by atoms with Gasteiger partial charge in [-0.1, -0.05) is 6.07 Å². The average Bonchev–Trinajstić information content (AvgIpc) is 2.37. The predicted octanol–water partition coefficient (Wildman–Crippen LogP) is -0.528. The summed E-state index contributed by atoms with van der Waals surface area (Å²) < 4.78 is 30.9. The lowest BCUT2D eigenvalue weighted by Crippen LogP contribution is -2.43. The summed E-state index contributed by atoms with van der Waals surface area (Å²) in [6.07, 6.45) is 0. The van der Waals surface area contributed by atoms with Gasteiger partial charge in [0.2, 0.25) is 15.9 Å². The highest BCUT2D eigenvalue weighted by molar-refractivity contribution is 7.89. The van der Waals surface area contributed by atoms with Crippen molar-refractivity contribution in [1.29, 1.82) is 0 Å². The molecule has 0 aromatic heterocycles. The summed E-state index contributed by atoms with van der Waals surface area (Å²) in [5, 5.41) is 8.92. The van der Waals surface area contributed by atoms with E-state index in [1.807, 2.05) is 4.72 Å². The summed E-state index contributed by atoms with van der Waals surface area (Å²) >= 11 is 0. The van der Waals surface area contributed by atoms with E-state index in [0.717, 1.165) is 6.07 Å². The number of methoxy groups -OCH3 is 1. The molecule has 0 aliphatic rings. The Bertz CT molecular complexity index is 656. The van der Waals surface area contributed by atoms with Crippen LogP contribution in [0.15, 0.2) is 23.1 Å². The van der Waals surface area contributed by atoms with Crippen molar-refractivity contribution >= 4 is 21.9 Å². The van der Waals surface area contributed by atoms with Gasteiger partial charge in [0.05, 0.1) is 11.5 Å². The maximum Gasteiger partial charge on any atom is 0.324 e.